The van der Waals surface area contributed by atoms with Crippen molar-refractivity contribution in [2.24, 2.45) is 0 Å². The molecule has 1 unspecified atom stereocenters. The molecule has 0 aromatic rings. The molecule has 0 aliphatic rings. The summed E-state index contributed by atoms with van der Waals surface area (Å²) in [7, 11) is 4.26. The standard InChI is InChI=1S/2C8H17.C4H10NO.Al/c2*1-3-5-7-8-6-4-2;1-4(6)5(2)3;/h2*1,3-8H2,2H3;4H,1-3H3;/q;;-1;+1. The molecule has 0 saturated heterocycles. The van der Waals surface area contributed by atoms with Gasteiger partial charge in [-0.05, 0) is 21.0 Å². The van der Waals surface area contributed by atoms with Crippen LogP contribution in [0.4, 0.5) is 0 Å². The fraction of sp³-hybridized carbons (Fsp3) is 1.00. The second kappa shape index (κ2) is 17.3. The molecule has 0 rings (SSSR count). The number of hydrogen-bond donors (Lipinski definition) is 0. The van der Waals surface area contributed by atoms with Crippen molar-refractivity contribution in [3.05, 3.63) is 0 Å². The zero-order chi connectivity index (χ0) is 17.3. The van der Waals surface area contributed by atoms with Crippen molar-refractivity contribution in [2.75, 3.05) is 14.1 Å². The lowest BCUT2D eigenvalue weighted by molar-refractivity contribution is 0.0780. The molecule has 0 aromatic carbocycles. The van der Waals surface area contributed by atoms with Gasteiger partial charge in [0.1, 0.15) is 0 Å². The third-order valence-corrected chi connectivity index (χ3v) is 7.76. The second-order valence-electron chi connectivity index (χ2n) is 7.43. The smallest absolute Gasteiger partial charge is 0.461 e. The highest BCUT2D eigenvalue weighted by atomic mass is 27.2. The molecule has 0 heterocycles. The van der Waals surface area contributed by atoms with Crippen molar-refractivity contribution in [3.8, 4) is 0 Å². The van der Waals surface area contributed by atoms with Gasteiger partial charge in [-0.1, -0.05) is 101 Å². The Hall–Kier alpha value is 0.452. The summed E-state index contributed by atoms with van der Waals surface area (Å²) in [5.41, 5.74) is 0. The topological polar surface area (TPSA) is 12.5 Å². The van der Waals surface area contributed by atoms with Gasteiger partial charge in [0.15, 0.2) is 0 Å². The van der Waals surface area contributed by atoms with Gasteiger partial charge in [0, 0.05) is 0 Å². The molecule has 0 N–H and O–H groups in total. The van der Waals surface area contributed by atoms with Crippen LogP contribution in [0.1, 0.15) is 97.8 Å². The van der Waals surface area contributed by atoms with Crippen molar-refractivity contribution >= 4 is 14.5 Å². The van der Waals surface area contributed by atoms with E-state index >= 15 is 0 Å². The summed E-state index contributed by atoms with van der Waals surface area (Å²) in [5.74, 6) is 0. The van der Waals surface area contributed by atoms with E-state index in [-0.39, 0.29) is 0 Å². The zero-order valence-corrected chi connectivity index (χ0v) is 18.1. The number of nitrogens with zero attached hydrogens (tertiary/aromatic N) is 1. The van der Waals surface area contributed by atoms with Crippen LogP contribution >= 0.6 is 0 Å². The minimum Gasteiger partial charge on any atom is -0.487 e. The van der Waals surface area contributed by atoms with Crippen LogP contribution in [0.25, 0.3) is 0 Å². The molecule has 23 heavy (non-hydrogen) atoms. The lowest BCUT2D eigenvalue weighted by Gasteiger charge is -2.25. The maximum absolute atomic E-state index is 6.43. The van der Waals surface area contributed by atoms with E-state index < -0.39 is 14.5 Å². The summed E-state index contributed by atoms with van der Waals surface area (Å²) in [6.45, 7) is 6.79. The van der Waals surface area contributed by atoms with Gasteiger partial charge in [-0.25, -0.2) is 0 Å². The Bertz CT molecular complexity index is 220. The molecular formula is C20H44AlNO. The van der Waals surface area contributed by atoms with Gasteiger partial charge in [0.25, 0.3) is 0 Å². The van der Waals surface area contributed by atoms with E-state index in [9.17, 15) is 0 Å². The average Bonchev–Trinajstić information content (AvgIpc) is 2.53. The third-order valence-electron chi connectivity index (χ3n) is 4.88. The van der Waals surface area contributed by atoms with Crippen LogP contribution in [0.2, 0.25) is 10.6 Å². The Balaban J connectivity index is 3.89. The molecule has 1 atom stereocenters. The van der Waals surface area contributed by atoms with Crippen LogP contribution in [0, 0.1) is 0 Å². The Morgan fingerprint density at radius 2 is 1.09 bits per heavy atom. The van der Waals surface area contributed by atoms with E-state index in [1.807, 2.05) is 0 Å². The lowest BCUT2D eigenvalue weighted by Crippen LogP contribution is -2.34. The molecule has 0 aliphatic heterocycles. The summed E-state index contributed by atoms with van der Waals surface area (Å²) in [4.78, 5) is 2.21. The maximum atomic E-state index is 6.43. The van der Waals surface area contributed by atoms with E-state index in [2.05, 4.69) is 39.8 Å². The number of rotatable bonds is 17. The highest BCUT2D eigenvalue weighted by Gasteiger charge is 2.22. The van der Waals surface area contributed by atoms with Gasteiger partial charge >= 0.3 is 14.5 Å². The normalized spacial score (nSPS) is 12.8. The minimum absolute atomic E-state index is 0.298. The van der Waals surface area contributed by atoms with Crippen molar-refractivity contribution in [1.82, 2.24) is 4.90 Å². The summed E-state index contributed by atoms with van der Waals surface area (Å²) in [6, 6.07) is 0. The van der Waals surface area contributed by atoms with Crippen LogP contribution in [-0.4, -0.2) is 39.7 Å². The molecule has 3 heteroatoms. The molecule has 0 amide bonds. The molecule has 0 aliphatic carbocycles. The summed E-state index contributed by atoms with van der Waals surface area (Å²) >= 11 is -1.01. The zero-order valence-electron chi connectivity index (χ0n) is 16.9. The van der Waals surface area contributed by atoms with E-state index in [4.69, 9.17) is 3.79 Å². The average molecular weight is 342 g/mol. The molecular weight excluding hydrogens is 297 g/mol. The largest absolute Gasteiger partial charge is 0.487 e. The van der Waals surface area contributed by atoms with Crippen molar-refractivity contribution in [2.45, 2.75) is 115 Å². The Kier molecular flexibility index (Phi) is 17.6. The maximum Gasteiger partial charge on any atom is 0.461 e. The van der Waals surface area contributed by atoms with Crippen LogP contribution < -0.4 is 0 Å². The van der Waals surface area contributed by atoms with Crippen molar-refractivity contribution in [1.29, 1.82) is 0 Å². The molecule has 0 aromatic heterocycles. The SMILES string of the molecule is CCCCCCC[CH2][Al]([CH2]CCCCCCC)[O]C(C)N(C)C. The lowest BCUT2D eigenvalue weighted by atomic mass is 10.1. The Labute approximate surface area is 152 Å². The predicted octanol–water partition coefficient (Wildman–Crippen LogP) is 6.62. The van der Waals surface area contributed by atoms with Gasteiger partial charge in [-0.2, -0.15) is 0 Å². The molecule has 0 fully saturated rings. The molecule has 0 spiro atoms. The van der Waals surface area contributed by atoms with Crippen LogP contribution in [0.5, 0.6) is 0 Å². The van der Waals surface area contributed by atoms with Gasteiger partial charge in [-0.15, -0.1) is 0 Å². The monoisotopic (exact) mass is 341 g/mol. The summed E-state index contributed by atoms with van der Waals surface area (Å²) < 4.78 is 6.43. The first kappa shape index (κ1) is 23.5. The van der Waals surface area contributed by atoms with E-state index in [0.717, 1.165) is 0 Å². The van der Waals surface area contributed by atoms with Gasteiger partial charge in [-0.3, -0.25) is 4.90 Å². The van der Waals surface area contributed by atoms with E-state index in [1.165, 1.54) is 87.6 Å². The quantitative estimate of drug-likeness (QED) is 0.167. The Morgan fingerprint density at radius 1 is 0.696 bits per heavy atom. The fourth-order valence-electron chi connectivity index (χ4n) is 2.99. The highest BCUT2D eigenvalue weighted by Crippen LogP contribution is 2.17. The first-order chi connectivity index (χ1) is 11.1. The van der Waals surface area contributed by atoms with Crippen molar-refractivity contribution in [3.63, 3.8) is 0 Å². The number of hydrogen-bond acceptors (Lipinski definition) is 2. The summed E-state index contributed by atoms with van der Waals surface area (Å²) in [6.07, 6.45) is 17.1. The second-order valence-corrected chi connectivity index (χ2v) is 10.1. The third kappa shape index (κ3) is 15.7. The van der Waals surface area contributed by atoms with Gasteiger partial charge < -0.3 is 3.79 Å². The number of unbranched alkanes of at least 4 members (excludes halogenated alkanes) is 10. The molecule has 0 saturated carbocycles. The van der Waals surface area contributed by atoms with Crippen LogP contribution in [0.15, 0.2) is 0 Å². The minimum atomic E-state index is -1.01. The predicted molar refractivity (Wildman–Crippen MR) is 106 cm³/mol. The van der Waals surface area contributed by atoms with Crippen LogP contribution in [-0.2, 0) is 3.79 Å². The highest BCUT2D eigenvalue weighted by molar-refractivity contribution is 6.51. The van der Waals surface area contributed by atoms with Gasteiger partial charge in [0.2, 0.25) is 0 Å². The van der Waals surface area contributed by atoms with Crippen LogP contribution in [0.3, 0.4) is 0 Å². The summed E-state index contributed by atoms with van der Waals surface area (Å²) in [5, 5.41) is 2.78. The first-order valence-corrected chi connectivity index (χ1v) is 12.5. The first-order valence-electron chi connectivity index (χ1n) is 10.4. The molecule has 138 valence electrons. The van der Waals surface area contributed by atoms with E-state index in [1.54, 1.807) is 0 Å². The fourth-order valence-corrected chi connectivity index (χ4v) is 5.83. The van der Waals surface area contributed by atoms with Crippen molar-refractivity contribution < 1.29 is 3.79 Å². The molecule has 0 radical (unpaired) electrons. The van der Waals surface area contributed by atoms with Gasteiger partial charge in [0.05, 0.1) is 6.23 Å². The molecule has 0 bridgehead atoms. The molecule has 2 nitrogen and oxygen atoms in total. The Morgan fingerprint density at radius 3 is 1.48 bits per heavy atom. The van der Waals surface area contributed by atoms with E-state index in [0.29, 0.717) is 6.23 Å².